The van der Waals surface area contributed by atoms with Gasteiger partial charge in [-0.3, -0.25) is 0 Å². The minimum atomic E-state index is -0.457. The van der Waals surface area contributed by atoms with Crippen LogP contribution in [0.4, 0.5) is 0 Å². The summed E-state index contributed by atoms with van der Waals surface area (Å²) in [6, 6.07) is 3.49. The monoisotopic (exact) mass is 265 g/mol. The largest absolute Gasteiger partial charge is 0.493 e. The van der Waals surface area contributed by atoms with Crippen LogP contribution in [-0.4, -0.2) is 32.5 Å². The molecule has 0 aliphatic carbocycles. The van der Waals surface area contributed by atoms with Gasteiger partial charge in [0.25, 0.3) is 0 Å². The number of fused-ring (bicyclic) bond motifs is 1. The van der Waals surface area contributed by atoms with E-state index in [9.17, 15) is 4.79 Å². The van der Waals surface area contributed by atoms with Crippen molar-refractivity contribution in [1.29, 1.82) is 0 Å². The smallest absolute Gasteiger partial charge is 0.331 e. The fourth-order valence-electron chi connectivity index (χ4n) is 1.81. The summed E-state index contributed by atoms with van der Waals surface area (Å²) >= 11 is 0. The minimum absolute atomic E-state index is 0.457. The molecule has 0 atom stereocenters. The molecule has 2 rings (SSSR count). The normalized spacial score (nSPS) is 15.4. The van der Waals surface area contributed by atoms with Crippen molar-refractivity contribution in [3.63, 3.8) is 0 Å². The van der Waals surface area contributed by atoms with Gasteiger partial charge in [-0.2, -0.15) is 0 Å². The fraction of sp³-hybridized carbons (Fsp3) is 0.385. The SMILES string of the molecule is COc1cc2c(cc1OC)/C(=N/OC(C)=O)CCO2. The van der Waals surface area contributed by atoms with Gasteiger partial charge >= 0.3 is 5.97 Å². The van der Waals surface area contributed by atoms with Crippen LogP contribution in [0, 0.1) is 0 Å². The number of benzene rings is 1. The predicted molar refractivity (Wildman–Crippen MR) is 68.0 cm³/mol. The van der Waals surface area contributed by atoms with Crippen molar-refractivity contribution >= 4 is 11.7 Å². The lowest BCUT2D eigenvalue weighted by atomic mass is 10.0. The van der Waals surface area contributed by atoms with Crippen molar-refractivity contribution in [2.75, 3.05) is 20.8 Å². The Labute approximate surface area is 110 Å². The van der Waals surface area contributed by atoms with Crippen molar-refractivity contribution < 1.29 is 23.8 Å². The molecule has 0 saturated carbocycles. The quantitative estimate of drug-likeness (QED) is 0.615. The van der Waals surface area contributed by atoms with Crippen LogP contribution in [0.1, 0.15) is 18.9 Å². The number of methoxy groups -OCH3 is 2. The number of ether oxygens (including phenoxy) is 3. The first-order chi connectivity index (χ1) is 9.15. The van der Waals surface area contributed by atoms with Gasteiger partial charge in [-0.15, -0.1) is 0 Å². The van der Waals surface area contributed by atoms with E-state index in [1.165, 1.54) is 6.92 Å². The molecule has 6 nitrogen and oxygen atoms in total. The molecule has 0 radical (unpaired) electrons. The summed E-state index contributed by atoms with van der Waals surface area (Å²) in [5.41, 5.74) is 1.39. The summed E-state index contributed by atoms with van der Waals surface area (Å²) in [7, 11) is 3.11. The van der Waals surface area contributed by atoms with Gasteiger partial charge in [0.05, 0.1) is 26.5 Å². The summed E-state index contributed by atoms with van der Waals surface area (Å²) in [5, 5.41) is 3.85. The first kappa shape index (κ1) is 13.2. The van der Waals surface area contributed by atoms with Crippen LogP contribution in [-0.2, 0) is 9.63 Å². The number of nitrogens with zero attached hydrogens (tertiary/aromatic N) is 1. The topological polar surface area (TPSA) is 66.3 Å². The van der Waals surface area contributed by atoms with Gasteiger partial charge in [-0.25, -0.2) is 4.79 Å². The van der Waals surface area contributed by atoms with E-state index in [0.717, 1.165) is 5.56 Å². The lowest BCUT2D eigenvalue weighted by Gasteiger charge is -2.20. The Bertz CT molecular complexity index is 524. The first-order valence-corrected chi connectivity index (χ1v) is 5.79. The van der Waals surface area contributed by atoms with Crippen LogP contribution in [0.25, 0.3) is 0 Å². The van der Waals surface area contributed by atoms with E-state index in [0.29, 0.717) is 36.0 Å². The molecule has 1 heterocycles. The second-order valence-electron chi connectivity index (χ2n) is 3.92. The molecule has 0 unspecified atom stereocenters. The average Bonchev–Trinajstić information content (AvgIpc) is 2.43. The summed E-state index contributed by atoms with van der Waals surface area (Å²) in [6.45, 7) is 1.78. The van der Waals surface area contributed by atoms with E-state index in [1.807, 2.05) is 0 Å². The molecule has 19 heavy (non-hydrogen) atoms. The molecule has 0 amide bonds. The van der Waals surface area contributed by atoms with E-state index in [-0.39, 0.29) is 0 Å². The second kappa shape index (κ2) is 5.60. The minimum Gasteiger partial charge on any atom is -0.493 e. The van der Waals surface area contributed by atoms with E-state index in [1.54, 1.807) is 26.4 Å². The maximum Gasteiger partial charge on any atom is 0.331 e. The maximum atomic E-state index is 10.8. The van der Waals surface area contributed by atoms with Gasteiger partial charge < -0.3 is 19.0 Å². The molecule has 0 N–H and O–H groups in total. The highest BCUT2D eigenvalue weighted by atomic mass is 16.7. The molecule has 1 aromatic rings. The summed E-state index contributed by atoms with van der Waals surface area (Å²) < 4.78 is 16.0. The van der Waals surface area contributed by atoms with Crippen LogP contribution >= 0.6 is 0 Å². The van der Waals surface area contributed by atoms with E-state index in [2.05, 4.69) is 9.99 Å². The zero-order valence-corrected chi connectivity index (χ0v) is 11.1. The Morgan fingerprint density at radius 3 is 2.58 bits per heavy atom. The predicted octanol–water partition coefficient (Wildman–Crippen LogP) is 1.75. The van der Waals surface area contributed by atoms with E-state index in [4.69, 9.17) is 14.2 Å². The maximum absolute atomic E-state index is 10.8. The lowest BCUT2D eigenvalue weighted by Crippen LogP contribution is -2.17. The van der Waals surface area contributed by atoms with Gasteiger partial charge in [-0.05, 0) is 6.07 Å². The Balaban J connectivity index is 2.43. The highest BCUT2D eigenvalue weighted by Gasteiger charge is 2.21. The number of carbonyl (C=O) groups is 1. The average molecular weight is 265 g/mol. The highest BCUT2D eigenvalue weighted by molar-refractivity contribution is 6.04. The first-order valence-electron chi connectivity index (χ1n) is 5.79. The van der Waals surface area contributed by atoms with E-state index >= 15 is 0 Å². The highest BCUT2D eigenvalue weighted by Crippen LogP contribution is 2.37. The molecule has 6 heteroatoms. The van der Waals surface area contributed by atoms with Crippen molar-refractivity contribution in [3.8, 4) is 17.2 Å². The van der Waals surface area contributed by atoms with Gasteiger partial charge in [0.2, 0.25) is 0 Å². The summed E-state index contributed by atoms with van der Waals surface area (Å²) in [5.74, 6) is 1.33. The number of rotatable bonds is 3. The Hall–Kier alpha value is -2.24. The van der Waals surface area contributed by atoms with Crippen LogP contribution in [0.15, 0.2) is 17.3 Å². The number of hydrogen-bond acceptors (Lipinski definition) is 6. The molecule has 1 aliphatic heterocycles. The van der Waals surface area contributed by atoms with Crippen LogP contribution in [0.3, 0.4) is 0 Å². The van der Waals surface area contributed by atoms with Crippen LogP contribution in [0.5, 0.6) is 17.2 Å². The molecule has 0 saturated heterocycles. The molecule has 1 aliphatic rings. The zero-order valence-electron chi connectivity index (χ0n) is 11.1. The third-order valence-electron chi connectivity index (χ3n) is 2.68. The third-order valence-corrected chi connectivity index (χ3v) is 2.68. The molecule has 1 aromatic carbocycles. The van der Waals surface area contributed by atoms with Crippen molar-refractivity contribution in [2.24, 2.45) is 5.16 Å². The van der Waals surface area contributed by atoms with Gasteiger partial charge in [0, 0.05) is 25.0 Å². The number of hydrogen-bond donors (Lipinski definition) is 0. The third kappa shape index (κ3) is 2.78. The summed E-state index contributed by atoms with van der Waals surface area (Å²) in [6.07, 6.45) is 0.565. The van der Waals surface area contributed by atoms with E-state index < -0.39 is 5.97 Å². The van der Waals surface area contributed by atoms with Crippen molar-refractivity contribution in [3.05, 3.63) is 17.7 Å². The van der Waals surface area contributed by atoms with Crippen LogP contribution < -0.4 is 14.2 Å². The molecule has 0 fully saturated rings. The van der Waals surface area contributed by atoms with Gasteiger partial charge in [-0.1, -0.05) is 5.16 Å². The zero-order chi connectivity index (χ0) is 13.8. The van der Waals surface area contributed by atoms with Gasteiger partial charge in [0.1, 0.15) is 5.75 Å². The number of oxime groups is 1. The lowest BCUT2D eigenvalue weighted by molar-refractivity contribution is -0.140. The van der Waals surface area contributed by atoms with Crippen molar-refractivity contribution in [2.45, 2.75) is 13.3 Å². The Morgan fingerprint density at radius 1 is 1.26 bits per heavy atom. The molecular formula is C13H15NO5. The second-order valence-corrected chi connectivity index (χ2v) is 3.92. The molecule has 0 spiro atoms. The standard InChI is InChI=1S/C13H15NO5/c1-8(15)19-14-10-4-5-18-11-7-13(17-3)12(16-2)6-9(10)11/h6-7H,4-5H2,1-3H3/b14-10+. The number of carbonyl (C=O) groups excluding carboxylic acids is 1. The molecule has 0 aromatic heterocycles. The Morgan fingerprint density at radius 2 is 1.95 bits per heavy atom. The molecular weight excluding hydrogens is 250 g/mol. The Kier molecular flexibility index (Phi) is 3.89. The summed E-state index contributed by atoms with van der Waals surface area (Å²) in [4.78, 5) is 15.5. The molecule has 102 valence electrons. The van der Waals surface area contributed by atoms with Crippen molar-refractivity contribution in [1.82, 2.24) is 0 Å². The van der Waals surface area contributed by atoms with Gasteiger partial charge in [0.15, 0.2) is 11.5 Å². The van der Waals surface area contributed by atoms with Crippen LogP contribution in [0.2, 0.25) is 0 Å². The fourth-order valence-corrected chi connectivity index (χ4v) is 1.81. The molecule has 0 bridgehead atoms.